The Morgan fingerprint density at radius 1 is 1.06 bits per heavy atom. The number of fused-ring (bicyclic) bond motifs is 1. The zero-order valence-corrected chi connectivity index (χ0v) is 10.4. The van der Waals surface area contributed by atoms with Crippen molar-refractivity contribution in [3.63, 3.8) is 0 Å². The second-order valence-electron chi connectivity index (χ2n) is 5.42. The molecule has 1 aromatic rings. The summed E-state index contributed by atoms with van der Waals surface area (Å²) >= 11 is 0. The molecule has 1 nitrogen and oxygen atoms in total. The van der Waals surface area contributed by atoms with E-state index in [4.69, 9.17) is 0 Å². The van der Waals surface area contributed by atoms with Crippen LogP contribution in [0.15, 0.2) is 47.1 Å². The molecule has 0 aromatic heterocycles. The molecule has 0 radical (unpaired) electrons. The fourth-order valence-corrected chi connectivity index (χ4v) is 3.45. The Bertz CT molecular complexity index is 676. The van der Waals surface area contributed by atoms with Crippen LogP contribution < -0.4 is 15.8 Å². The van der Waals surface area contributed by atoms with Crippen molar-refractivity contribution in [2.45, 2.75) is 12.8 Å². The maximum Gasteiger partial charge on any atom is 0.0209 e. The zero-order chi connectivity index (χ0) is 11.9. The predicted molar refractivity (Wildman–Crippen MR) is 75.3 cm³/mol. The van der Waals surface area contributed by atoms with Crippen LogP contribution in [-0.4, -0.2) is 13.1 Å². The van der Waals surface area contributed by atoms with Crippen LogP contribution in [0.25, 0.3) is 12.2 Å². The number of benzene rings is 1. The minimum absolute atomic E-state index is 0.718. The van der Waals surface area contributed by atoms with Gasteiger partial charge in [-0.05, 0) is 58.1 Å². The van der Waals surface area contributed by atoms with E-state index in [0.29, 0.717) is 0 Å². The van der Waals surface area contributed by atoms with Crippen molar-refractivity contribution in [2.75, 3.05) is 13.1 Å². The second kappa shape index (κ2) is 3.96. The molecule has 0 saturated heterocycles. The SMILES string of the molecule is C1=C2C=c3ccccc3=CC3=C2C(CC1)CNC3. The van der Waals surface area contributed by atoms with Gasteiger partial charge in [0.05, 0.1) is 0 Å². The molecular formula is C17H17N. The van der Waals surface area contributed by atoms with Gasteiger partial charge in [-0.15, -0.1) is 0 Å². The third-order valence-corrected chi connectivity index (χ3v) is 4.29. The fraction of sp³-hybridized carbons (Fsp3) is 0.294. The molecule has 1 N–H and O–H groups in total. The van der Waals surface area contributed by atoms with E-state index in [0.717, 1.165) is 19.0 Å². The van der Waals surface area contributed by atoms with Gasteiger partial charge in [-0.3, -0.25) is 0 Å². The minimum atomic E-state index is 0.718. The lowest BCUT2D eigenvalue weighted by Crippen LogP contribution is -2.33. The van der Waals surface area contributed by atoms with E-state index in [1.54, 1.807) is 5.57 Å². The monoisotopic (exact) mass is 235 g/mol. The number of hydrogen-bond donors (Lipinski definition) is 1. The maximum absolute atomic E-state index is 3.57. The molecule has 0 spiro atoms. The molecule has 4 rings (SSSR count). The lowest BCUT2D eigenvalue weighted by molar-refractivity contribution is 0.489. The highest BCUT2D eigenvalue weighted by Gasteiger charge is 2.26. The Morgan fingerprint density at radius 3 is 2.78 bits per heavy atom. The van der Waals surface area contributed by atoms with Crippen molar-refractivity contribution in [3.05, 3.63) is 57.5 Å². The van der Waals surface area contributed by atoms with Gasteiger partial charge in [-0.1, -0.05) is 30.3 Å². The maximum atomic E-state index is 3.57. The first kappa shape index (κ1) is 10.3. The molecule has 1 heteroatoms. The summed E-state index contributed by atoms with van der Waals surface area (Å²) in [6.45, 7) is 2.17. The Balaban J connectivity index is 2.06. The van der Waals surface area contributed by atoms with Crippen molar-refractivity contribution in [1.82, 2.24) is 5.32 Å². The van der Waals surface area contributed by atoms with Crippen molar-refractivity contribution in [3.8, 4) is 0 Å². The minimum Gasteiger partial charge on any atom is -0.312 e. The number of hydrogen-bond acceptors (Lipinski definition) is 1. The smallest absolute Gasteiger partial charge is 0.0209 e. The van der Waals surface area contributed by atoms with Crippen LogP contribution in [0.2, 0.25) is 0 Å². The molecule has 18 heavy (non-hydrogen) atoms. The van der Waals surface area contributed by atoms with E-state index in [1.165, 1.54) is 34.4 Å². The van der Waals surface area contributed by atoms with E-state index in [1.807, 2.05) is 0 Å². The number of allylic oxidation sites excluding steroid dienone is 2. The van der Waals surface area contributed by atoms with Gasteiger partial charge < -0.3 is 5.32 Å². The summed E-state index contributed by atoms with van der Waals surface area (Å²) in [5, 5.41) is 6.29. The molecule has 1 atom stereocenters. The zero-order valence-electron chi connectivity index (χ0n) is 10.4. The average molecular weight is 235 g/mol. The fourth-order valence-electron chi connectivity index (χ4n) is 3.45. The van der Waals surface area contributed by atoms with Crippen LogP contribution in [-0.2, 0) is 0 Å². The summed E-state index contributed by atoms with van der Waals surface area (Å²) in [4.78, 5) is 0. The highest BCUT2D eigenvalue weighted by molar-refractivity contribution is 5.69. The van der Waals surface area contributed by atoms with Gasteiger partial charge >= 0.3 is 0 Å². The molecule has 0 fully saturated rings. The summed E-state index contributed by atoms with van der Waals surface area (Å²) in [5.41, 5.74) is 4.58. The first-order chi connectivity index (χ1) is 8.92. The summed E-state index contributed by atoms with van der Waals surface area (Å²) in [5.74, 6) is 0.718. The molecule has 1 unspecified atom stereocenters. The number of rotatable bonds is 0. The van der Waals surface area contributed by atoms with Gasteiger partial charge in [0.2, 0.25) is 0 Å². The van der Waals surface area contributed by atoms with E-state index in [9.17, 15) is 0 Å². The standard InChI is InChI=1S/C17H17N/c1-2-5-13-9-16-11-18-10-15-7-3-6-14(17(15)16)8-12(13)4-1/h1-2,4-6,8-9,15,18H,3,7,10-11H2. The second-order valence-corrected chi connectivity index (χ2v) is 5.42. The van der Waals surface area contributed by atoms with Crippen LogP contribution in [0.1, 0.15) is 12.8 Å². The first-order valence-corrected chi connectivity index (χ1v) is 6.84. The van der Waals surface area contributed by atoms with Gasteiger partial charge in [0.25, 0.3) is 0 Å². The lowest BCUT2D eigenvalue weighted by atomic mass is 9.79. The summed E-state index contributed by atoms with van der Waals surface area (Å²) in [6, 6.07) is 8.71. The van der Waals surface area contributed by atoms with Gasteiger partial charge in [0, 0.05) is 13.1 Å². The van der Waals surface area contributed by atoms with Crippen molar-refractivity contribution in [1.29, 1.82) is 0 Å². The van der Waals surface area contributed by atoms with Gasteiger partial charge in [-0.2, -0.15) is 0 Å². The van der Waals surface area contributed by atoms with Gasteiger partial charge in [0.1, 0.15) is 0 Å². The van der Waals surface area contributed by atoms with Crippen molar-refractivity contribution in [2.24, 2.45) is 5.92 Å². The molecule has 3 aliphatic rings. The third-order valence-electron chi connectivity index (χ3n) is 4.29. The van der Waals surface area contributed by atoms with Crippen molar-refractivity contribution >= 4 is 12.2 Å². The Labute approximate surface area is 107 Å². The molecule has 90 valence electrons. The van der Waals surface area contributed by atoms with Crippen molar-refractivity contribution < 1.29 is 0 Å². The van der Waals surface area contributed by atoms with E-state index >= 15 is 0 Å². The van der Waals surface area contributed by atoms with Crippen LogP contribution in [0, 0.1) is 5.92 Å². The molecule has 0 saturated carbocycles. The molecule has 2 aliphatic carbocycles. The largest absolute Gasteiger partial charge is 0.312 e. The topological polar surface area (TPSA) is 12.0 Å². The van der Waals surface area contributed by atoms with Gasteiger partial charge in [0.15, 0.2) is 0 Å². The summed E-state index contributed by atoms with van der Waals surface area (Å²) < 4.78 is 0. The quantitative estimate of drug-likeness (QED) is 0.718. The first-order valence-electron chi connectivity index (χ1n) is 6.84. The van der Waals surface area contributed by atoms with Crippen LogP contribution in [0.5, 0.6) is 0 Å². The summed E-state index contributed by atoms with van der Waals surface area (Å²) in [6.07, 6.45) is 9.70. The molecule has 1 heterocycles. The lowest BCUT2D eigenvalue weighted by Gasteiger charge is -2.31. The molecule has 1 aliphatic heterocycles. The Hall–Kier alpha value is -1.60. The molecule has 0 bridgehead atoms. The average Bonchev–Trinajstić information content (AvgIpc) is 2.57. The normalized spacial score (nSPS) is 25.1. The van der Waals surface area contributed by atoms with Crippen LogP contribution in [0.3, 0.4) is 0 Å². The number of nitrogens with one attached hydrogen (secondary N) is 1. The third kappa shape index (κ3) is 1.51. The Morgan fingerprint density at radius 2 is 1.89 bits per heavy atom. The highest BCUT2D eigenvalue weighted by Crippen LogP contribution is 2.35. The Kier molecular flexibility index (Phi) is 2.27. The molecule has 1 aromatic carbocycles. The van der Waals surface area contributed by atoms with E-state index in [-0.39, 0.29) is 0 Å². The predicted octanol–water partition coefficient (Wildman–Crippen LogP) is 1.50. The summed E-state index contributed by atoms with van der Waals surface area (Å²) in [7, 11) is 0. The molecular weight excluding hydrogens is 218 g/mol. The van der Waals surface area contributed by atoms with Crippen LogP contribution >= 0.6 is 0 Å². The van der Waals surface area contributed by atoms with Gasteiger partial charge in [-0.25, -0.2) is 0 Å². The van der Waals surface area contributed by atoms with E-state index < -0.39 is 0 Å². The van der Waals surface area contributed by atoms with Crippen LogP contribution in [0.4, 0.5) is 0 Å². The molecule has 0 amide bonds. The van der Waals surface area contributed by atoms with E-state index in [2.05, 4.69) is 47.8 Å². The highest BCUT2D eigenvalue weighted by atomic mass is 14.9.